The molecule has 3 N–H and O–H groups in total. The van der Waals surface area contributed by atoms with Crippen LogP contribution in [0.5, 0.6) is 5.75 Å². The summed E-state index contributed by atoms with van der Waals surface area (Å²) in [6.45, 7) is 0.823. The molecule has 1 atom stereocenters. The highest BCUT2D eigenvalue weighted by Gasteiger charge is 2.11. The molecule has 0 saturated heterocycles. The molecule has 0 saturated carbocycles. The van der Waals surface area contributed by atoms with E-state index >= 15 is 0 Å². The first kappa shape index (κ1) is 16.3. The van der Waals surface area contributed by atoms with Crippen molar-refractivity contribution in [2.24, 2.45) is 5.73 Å². The van der Waals surface area contributed by atoms with E-state index in [1.807, 2.05) is 30.3 Å². The summed E-state index contributed by atoms with van der Waals surface area (Å²) >= 11 is 0. The van der Waals surface area contributed by atoms with E-state index < -0.39 is 0 Å². The van der Waals surface area contributed by atoms with Gasteiger partial charge >= 0.3 is 0 Å². The second kappa shape index (κ2) is 7.77. The van der Waals surface area contributed by atoms with Crippen LogP contribution in [0.25, 0.3) is 10.8 Å². The molecule has 118 valence electrons. The minimum Gasteiger partial charge on any atom is -0.497 e. The van der Waals surface area contributed by atoms with Crippen molar-refractivity contribution in [3.05, 3.63) is 42.0 Å². The number of benzene rings is 2. The van der Waals surface area contributed by atoms with Gasteiger partial charge in [0.2, 0.25) is 5.91 Å². The zero-order chi connectivity index (χ0) is 15.9. The topological polar surface area (TPSA) is 73.6 Å². The third-order valence-corrected chi connectivity index (χ3v) is 3.61. The van der Waals surface area contributed by atoms with E-state index in [-0.39, 0.29) is 18.4 Å². The summed E-state index contributed by atoms with van der Waals surface area (Å²) in [7, 11) is 3.21. The number of carbonyl (C=O) groups is 1. The van der Waals surface area contributed by atoms with Gasteiger partial charge in [-0.1, -0.05) is 18.2 Å². The molecule has 5 nitrogen and oxygen atoms in total. The standard InChI is InChI=1S/C17H22N2O3/c1-21-15-6-5-13-7-12(3-4-14(13)8-15)11-19-17(20)9-16(10-18)22-2/h3-8,16H,9-11,18H2,1-2H3,(H,19,20). The lowest BCUT2D eigenvalue weighted by Crippen LogP contribution is -2.31. The van der Waals surface area contributed by atoms with E-state index in [9.17, 15) is 4.79 Å². The van der Waals surface area contributed by atoms with E-state index in [2.05, 4.69) is 11.4 Å². The Bertz CT molecular complexity index is 639. The monoisotopic (exact) mass is 302 g/mol. The van der Waals surface area contributed by atoms with E-state index in [1.165, 1.54) is 0 Å². The van der Waals surface area contributed by atoms with Crippen LogP contribution in [0.3, 0.4) is 0 Å². The molecule has 22 heavy (non-hydrogen) atoms. The predicted molar refractivity (Wildman–Crippen MR) is 86.8 cm³/mol. The van der Waals surface area contributed by atoms with Crippen molar-refractivity contribution < 1.29 is 14.3 Å². The molecule has 2 aromatic carbocycles. The summed E-state index contributed by atoms with van der Waals surface area (Å²) in [5.74, 6) is 0.771. The van der Waals surface area contributed by atoms with Crippen LogP contribution in [0.2, 0.25) is 0 Å². The second-order valence-electron chi connectivity index (χ2n) is 5.12. The fourth-order valence-electron chi connectivity index (χ4n) is 2.25. The van der Waals surface area contributed by atoms with Gasteiger partial charge < -0.3 is 20.5 Å². The molecular formula is C17H22N2O3. The van der Waals surface area contributed by atoms with Gasteiger partial charge in [-0.15, -0.1) is 0 Å². The minimum absolute atomic E-state index is 0.0628. The molecule has 0 fully saturated rings. The highest BCUT2D eigenvalue weighted by molar-refractivity contribution is 5.84. The molecule has 1 amide bonds. The van der Waals surface area contributed by atoms with Crippen LogP contribution < -0.4 is 15.8 Å². The predicted octanol–water partition coefficient (Wildman–Crippen LogP) is 1.83. The van der Waals surface area contributed by atoms with Crippen LogP contribution in [-0.4, -0.2) is 32.8 Å². The van der Waals surface area contributed by atoms with Gasteiger partial charge in [0.15, 0.2) is 0 Å². The van der Waals surface area contributed by atoms with Crippen LogP contribution >= 0.6 is 0 Å². The van der Waals surface area contributed by atoms with Gasteiger partial charge in [-0.25, -0.2) is 0 Å². The normalized spacial score (nSPS) is 12.1. The number of amides is 1. The average Bonchev–Trinajstić information content (AvgIpc) is 2.57. The molecule has 0 aliphatic carbocycles. The molecule has 2 aromatic rings. The SMILES string of the molecule is COc1ccc2cc(CNC(=O)CC(CN)OC)ccc2c1. The summed E-state index contributed by atoms with van der Waals surface area (Å²) < 4.78 is 10.3. The molecule has 0 aliphatic rings. The van der Waals surface area contributed by atoms with Crippen molar-refractivity contribution in [2.45, 2.75) is 19.1 Å². The zero-order valence-electron chi connectivity index (χ0n) is 13.0. The van der Waals surface area contributed by atoms with E-state index in [0.29, 0.717) is 13.1 Å². The number of rotatable bonds is 7. The molecule has 0 heterocycles. The Labute approximate surface area is 130 Å². The summed E-state index contributed by atoms with van der Waals surface area (Å²) in [6, 6.07) is 12.0. The maximum Gasteiger partial charge on any atom is 0.222 e. The lowest BCUT2D eigenvalue weighted by molar-refractivity contribution is -0.123. The van der Waals surface area contributed by atoms with Gasteiger partial charge in [-0.3, -0.25) is 4.79 Å². The maximum absolute atomic E-state index is 11.8. The first-order chi connectivity index (χ1) is 10.7. The molecule has 0 bridgehead atoms. The van der Waals surface area contributed by atoms with Crippen LogP contribution in [-0.2, 0) is 16.1 Å². The number of nitrogens with one attached hydrogen (secondary N) is 1. The van der Waals surface area contributed by atoms with Gasteiger partial charge in [0.1, 0.15) is 5.75 Å². The Morgan fingerprint density at radius 1 is 1.18 bits per heavy atom. The van der Waals surface area contributed by atoms with E-state index in [0.717, 1.165) is 22.1 Å². The molecule has 0 radical (unpaired) electrons. The highest BCUT2D eigenvalue weighted by Crippen LogP contribution is 2.21. The Morgan fingerprint density at radius 2 is 1.91 bits per heavy atom. The van der Waals surface area contributed by atoms with E-state index in [1.54, 1.807) is 14.2 Å². The number of nitrogens with two attached hydrogens (primary N) is 1. The van der Waals surface area contributed by atoms with Crippen LogP contribution in [0, 0.1) is 0 Å². The minimum atomic E-state index is -0.232. The largest absolute Gasteiger partial charge is 0.497 e. The zero-order valence-corrected chi connectivity index (χ0v) is 13.0. The molecule has 1 unspecified atom stereocenters. The summed E-state index contributed by atoms with van der Waals surface area (Å²) in [5, 5.41) is 5.11. The Hall–Kier alpha value is -2.11. The lowest BCUT2D eigenvalue weighted by Gasteiger charge is -2.13. The quantitative estimate of drug-likeness (QED) is 0.818. The fourth-order valence-corrected chi connectivity index (χ4v) is 2.25. The van der Waals surface area contributed by atoms with Crippen LogP contribution in [0.1, 0.15) is 12.0 Å². The number of hydrogen-bond donors (Lipinski definition) is 2. The van der Waals surface area contributed by atoms with Crippen LogP contribution in [0.4, 0.5) is 0 Å². The number of fused-ring (bicyclic) bond motifs is 1. The van der Waals surface area contributed by atoms with Gasteiger partial charge in [0.05, 0.1) is 19.6 Å². The fraction of sp³-hybridized carbons (Fsp3) is 0.353. The van der Waals surface area contributed by atoms with Crippen molar-refractivity contribution >= 4 is 16.7 Å². The van der Waals surface area contributed by atoms with Crippen molar-refractivity contribution in [3.8, 4) is 5.75 Å². The molecule has 0 aromatic heterocycles. The first-order valence-corrected chi connectivity index (χ1v) is 7.22. The Balaban J connectivity index is 1.98. The second-order valence-corrected chi connectivity index (χ2v) is 5.12. The summed E-state index contributed by atoms with van der Waals surface area (Å²) in [4.78, 5) is 11.8. The molecule has 0 aliphatic heterocycles. The lowest BCUT2D eigenvalue weighted by atomic mass is 10.1. The Kier molecular flexibility index (Phi) is 5.75. The van der Waals surface area contributed by atoms with E-state index in [4.69, 9.17) is 15.2 Å². The highest BCUT2D eigenvalue weighted by atomic mass is 16.5. The van der Waals surface area contributed by atoms with Crippen molar-refractivity contribution in [1.29, 1.82) is 0 Å². The molecular weight excluding hydrogens is 280 g/mol. The van der Waals surface area contributed by atoms with Gasteiger partial charge in [0.25, 0.3) is 0 Å². The Morgan fingerprint density at radius 3 is 2.59 bits per heavy atom. The third-order valence-electron chi connectivity index (χ3n) is 3.61. The van der Waals surface area contributed by atoms with Crippen LogP contribution in [0.15, 0.2) is 36.4 Å². The number of carbonyl (C=O) groups excluding carboxylic acids is 1. The van der Waals surface area contributed by atoms with Crippen molar-refractivity contribution in [2.75, 3.05) is 20.8 Å². The molecule has 2 rings (SSSR count). The molecule has 0 spiro atoms. The number of ether oxygens (including phenoxy) is 2. The first-order valence-electron chi connectivity index (χ1n) is 7.22. The number of hydrogen-bond acceptors (Lipinski definition) is 4. The van der Waals surface area contributed by atoms with Crippen molar-refractivity contribution in [3.63, 3.8) is 0 Å². The third kappa shape index (κ3) is 4.19. The molecule has 5 heteroatoms. The summed E-state index contributed by atoms with van der Waals surface area (Å²) in [6.07, 6.45) is 0.0432. The van der Waals surface area contributed by atoms with Crippen molar-refractivity contribution in [1.82, 2.24) is 5.32 Å². The summed E-state index contributed by atoms with van der Waals surface area (Å²) in [5.41, 5.74) is 6.56. The smallest absolute Gasteiger partial charge is 0.222 e. The maximum atomic E-state index is 11.8. The average molecular weight is 302 g/mol. The van der Waals surface area contributed by atoms with Gasteiger partial charge in [0, 0.05) is 20.2 Å². The van der Waals surface area contributed by atoms with Gasteiger partial charge in [-0.2, -0.15) is 0 Å². The van der Waals surface area contributed by atoms with Gasteiger partial charge in [-0.05, 0) is 34.5 Å². The number of methoxy groups -OCH3 is 2.